The van der Waals surface area contributed by atoms with Crippen molar-refractivity contribution in [2.45, 2.75) is 50.9 Å². The van der Waals surface area contributed by atoms with E-state index >= 15 is 0 Å². The van der Waals surface area contributed by atoms with Gasteiger partial charge in [0, 0.05) is 11.8 Å². The molecular formula is C32H32O8. The maximum Gasteiger partial charge on any atom is 0.319 e. The molecule has 0 aliphatic carbocycles. The zero-order valence-electron chi connectivity index (χ0n) is 22.4. The lowest BCUT2D eigenvalue weighted by Gasteiger charge is -2.17. The Morgan fingerprint density at radius 2 is 1.55 bits per heavy atom. The van der Waals surface area contributed by atoms with Gasteiger partial charge in [-0.25, -0.2) is 0 Å². The van der Waals surface area contributed by atoms with Crippen molar-refractivity contribution in [2.75, 3.05) is 26.6 Å². The number of ether oxygens (including phenoxy) is 7. The molecule has 2 aromatic rings. The van der Waals surface area contributed by atoms with Crippen LogP contribution in [0.3, 0.4) is 0 Å². The van der Waals surface area contributed by atoms with Crippen LogP contribution in [0, 0.1) is 42.1 Å². The highest BCUT2D eigenvalue weighted by Gasteiger charge is 2.51. The molecule has 0 N–H and O–H groups in total. The van der Waals surface area contributed by atoms with E-state index in [-0.39, 0.29) is 25.6 Å². The maximum absolute atomic E-state index is 12.8. The summed E-state index contributed by atoms with van der Waals surface area (Å²) >= 11 is 0. The Morgan fingerprint density at radius 1 is 0.850 bits per heavy atom. The van der Waals surface area contributed by atoms with Gasteiger partial charge in [-0.15, -0.1) is 6.42 Å². The van der Waals surface area contributed by atoms with E-state index in [2.05, 4.69) is 36.7 Å². The van der Waals surface area contributed by atoms with Gasteiger partial charge in [0.15, 0.2) is 6.79 Å². The average Bonchev–Trinajstić information content (AvgIpc) is 3.57. The molecule has 0 bridgehead atoms. The Labute approximate surface area is 235 Å². The van der Waals surface area contributed by atoms with Crippen molar-refractivity contribution >= 4 is 5.97 Å². The fourth-order valence-electron chi connectivity index (χ4n) is 4.29. The Balaban J connectivity index is 1.17. The van der Waals surface area contributed by atoms with Crippen molar-refractivity contribution in [3.63, 3.8) is 0 Å². The summed E-state index contributed by atoms with van der Waals surface area (Å²) in [5.74, 6) is 10.8. The van der Waals surface area contributed by atoms with Crippen LogP contribution in [0.2, 0.25) is 0 Å². The number of benzene rings is 2. The topological polar surface area (TPSA) is 81.7 Å². The van der Waals surface area contributed by atoms with Gasteiger partial charge in [0.05, 0.1) is 19.8 Å². The van der Waals surface area contributed by atoms with Gasteiger partial charge >= 0.3 is 5.97 Å². The van der Waals surface area contributed by atoms with Crippen molar-refractivity contribution in [1.29, 1.82) is 0 Å². The molecule has 4 rings (SSSR count). The van der Waals surface area contributed by atoms with E-state index in [9.17, 15) is 4.79 Å². The number of esters is 1. The Kier molecular flexibility index (Phi) is 11.2. The van der Waals surface area contributed by atoms with Crippen LogP contribution < -0.4 is 18.9 Å². The average molecular weight is 545 g/mol. The molecule has 8 heteroatoms. The lowest BCUT2D eigenvalue weighted by molar-refractivity contribution is -0.142. The number of unbranched alkanes of at least 4 members (excludes halogenated alkanes) is 3. The first-order valence-corrected chi connectivity index (χ1v) is 13.3. The molecule has 4 atom stereocenters. The number of hydrogen-bond donors (Lipinski definition) is 0. The molecule has 2 aromatic carbocycles. The Hall–Kier alpha value is -4.13. The predicted octanol–water partition coefficient (Wildman–Crippen LogP) is 4.36. The minimum absolute atomic E-state index is 0.0300. The van der Waals surface area contributed by atoms with Crippen molar-refractivity contribution < 1.29 is 38.0 Å². The molecule has 0 spiro atoms. The third kappa shape index (κ3) is 8.43. The zero-order chi connectivity index (χ0) is 28.0. The molecule has 0 amide bonds. The van der Waals surface area contributed by atoms with E-state index in [1.807, 2.05) is 24.3 Å². The highest BCUT2D eigenvalue weighted by atomic mass is 16.7. The van der Waals surface area contributed by atoms with Crippen molar-refractivity contribution in [1.82, 2.24) is 0 Å². The molecule has 208 valence electrons. The highest BCUT2D eigenvalue weighted by molar-refractivity contribution is 5.76. The first-order chi connectivity index (χ1) is 19.7. The summed E-state index contributed by atoms with van der Waals surface area (Å²) in [4.78, 5) is 12.8. The van der Waals surface area contributed by atoms with Crippen LogP contribution in [-0.4, -0.2) is 50.9 Å². The molecule has 2 aliphatic rings. The van der Waals surface area contributed by atoms with Crippen LogP contribution in [0.25, 0.3) is 0 Å². The summed E-state index contributed by atoms with van der Waals surface area (Å²) < 4.78 is 39.8. The van der Waals surface area contributed by atoms with E-state index < -0.39 is 18.0 Å². The maximum atomic E-state index is 12.8. The summed E-state index contributed by atoms with van der Waals surface area (Å²) in [6.07, 6.45) is 10.9. The second-order valence-electron chi connectivity index (χ2n) is 9.17. The van der Waals surface area contributed by atoms with Crippen LogP contribution >= 0.6 is 0 Å². The second-order valence-corrected chi connectivity index (χ2v) is 9.17. The normalized spacial score (nSPS) is 20.6. The third-order valence-electron chi connectivity index (χ3n) is 6.37. The summed E-state index contributed by atoms with van der Waals surface area (Å²) in [5, 5.41) is 0. The molecule has 0 radical (unpaired) electrons. The molecule has 0 unspecified atom stereocenters. The van der Waals surface area contributed by atoms with E-state index in [0.29, 0.717) is 30.5 Å². The first kappa shape index (κ1) is 28.9. The van der Waals surface area contributed by atoms with Gasteiger partial charge in [-0.3, -0.25) is 4.79 Å². The van der Waals surface area contributed by atoms with Crippen molar-refractivity contribution in [3.05, 3.63) is 48.5 Å². The molecular weight excluding hydrogens is 512 g/mol. The molecule has 2 aliphatic heterocycles. The largest absolute Gasteiger partial charge is 0.494 e. The van der Waals surface area contributed by atoms with E-state index in [0.717, 1.165) is 12.2 Å². The molecule has 0 saturated carbocycles. The van der Waals surface area contributed by atoms with Crippen LogP contribution in [0.4, 0.5) is 0 Å². The van der Waals surface area contributed by atoms with Crippen LogP contribution in [0.1, 0.15) is 32.6 Å². The number of rotatable bonds is 13. The highest BCUT2D eigenvalue weighted by Crippen LogP contribution is 2.34. The lowest BCUT2D eigenvalue weighted by atomic mass is 10.0. The molecule has 2 heterocycles. The smallest absolute Gasteiger partial charge is 0.319 e. The number of fused-ring (bicyclic) bond motifs is 1. The van der Waals surface area contributed by atoms with E-state index in [4.69, 9.17) is 39.6 Å². The fraction of sp³-hybridized carbons (Fsp3) is 0.406. The quantitative estimate of drug-likeness (QED) is 0.121. The van der Waals surface area contributed by atoms with Crippen LogP contribution in [0.5, 0.6) is 23.0 Å². The molecule has 40 heavy (non-hydrogen) atoms. The summed E-state index contributed by atoms with van der Waals surface area (Å²) in [6, 6.07) is 13.9. The van der Waals surface area contributed by atoms with E-state index in [1.54, 1.807) is 24.3 Å². The summed E-state index contributed by atoms with van der Waals surface area (Å²) in [6.45, 7) is 3.41. The van der Waals surface area contributed by atoms with Gasteiger partial charge in [0.25, 0.3) is 0 Å². The SMILES string of the molecule is C#CC#CC#COc1ccc(OC(=O)[C@@H]2CO[C@H]3[C@@H]2OC[C@@H]3OCOc2ccc(OCCCCCC)cc2)cc1. The lowest BCUT2D eigenvalue weighted by Crippen LogP contribution is -2.35. The fourth-order valence-corrected chi connectivity index (χ4v) is 4.29. The predicted molar refractivity (Wildman–Crippen MR) is 147 cm³/mol. The molecule has 2 saturated heterocycles. The first-order valence-electron chi connectivity index (χ1n) is 13.3. The monoisotopic (exact) mass is 544 g/mol. The molecule has 8 nitrogen and oxygen atoms in total. The van der Waals surface area contributed by atoms with Gasteiger partial charge in [-0.2, -0.15) is 0 Å². The third-order valence-corrected chi connectivity index (χ3v) is 6.37. The number of hydrogen-bond acceptors (Lipinski definition) is 8. The number of terminal acetylenes is 1. The van der Waals surface area contributed by atoms with Crippen LogP contribution in [-0.2, 0) is 19.0 Å². The van der Waals surface area contributed by atoms with Crippen molar-refractivity contribution in [3.8, 4) is 59.2 Å². The van der Waals surface area contributed by atoms with Gasteiger partial charge in [-0.1, -0.05) is 26.2 Å². The van der Waals surface area contributed by atoms with Crippen LogP contribution in [0.15, 0.2) is 48.5 Å². The zero-order valence-corrected chi connectivity index (χ0v) is 22.4. The van der Waals surface area contributed by atoms with Crippen molar-refractivity contribution in [2.24, 2.45) is 5.92 Å². The minimum Gasteiger partial charge on any atom is -0.494 e. The van der Waals surface area contributed by atoms with Gasteiger partial charge in [0.1, 0.15) is 53.3 Å². The summed E-state index contributed by atoms with van der Waals surface area (Å²) in [7, 11) is 0. The minimum atomic E-state index is -0.564. The Morgan fingerprint density at radius 3 is 2.30 bits per heavy atom. The standard InChI is InChI=1S/C32H32O8/c1-3-5-7-9-19-34-24-11-13-26(14-12-24)38-23-39-29-22-37-30-28(21-36-31(29)30)32(33)40-27-17-15-25(16-18-27)35-20-10-8-6-4-2/h2,11-18,28-31H,3,5,7,9,19,21-23H2,1H3/t28-,29+,30-,31-/m1/s1. The molecule has 2 fully saturated rings. The van der Waals surface area contributed by atoms with Gasteiger partial charge in [-0.05, 0) is 66.8 Å². The van der Waals surface area contributed by atoms with E-state index in [1.165, 1.54) is 19.3 Å². The Bertz CT molecular complexity index is 1260. The number of carbonyl (C=O) groups is 1. The molecule has 0 aromatic heterocycles. The van der Waals surface area contributed by atoms with Gasteiger partial charge < -0.3 is 33.2 Å². The number of carbonyl (C=O) groups excluding carboxylic acids is 1. The second kappa shape index (κ2) is 15.5. The summed E-state index contributed by atoms with van der Waals surface area (Å²) in [5.41, 5.74) is 0. The van der Waals surface area contributed by atoms with Gasteiger partial charge in [0.2, 0.25) is 0 Å².